The van der Waals surface area contributed by atoms with Crippen LogP contribution in [0.2, 0.25) is 0 Å². The fraction of sp³-hybridized carbons (Fsp3) is 0.167. The van der Waals surface area contributed by atoms with Crippen molar-refractivity contribution in [1.82, 2.24) is 10.2 Å². The van der Waals surface area contributed by atoms with E-state index in [1.165, 1.54) is 12.3 Å². The van der Waals surface area contributed by atoms with Crippen LogP contribution in [0.15, 0.2) is 17.1 Å². The number of aromatic amines is 1. The zero-order valence-electron chi connectivity index (χ0n) is 5.16. The summed E-state index contributed by atoms with van der Waals surface area (Å²) < 4.78 is 0. The Bertz CT molecular complexity index is 309. The van der Waals surface area contributed by atoms with Crippen LogP contribution < -0.4 is 5.56 Å². The summed E-state index contributed by atoms with van der Waals surface area (Å²) in [6, 6.07) is 3.28. The van der Waals surface area contributed by atoms with E-state index in [1.54, 1.807) is 0 Å². The number of rotatable bonds is 1. The van der Waals surface area contributed by atoms with Gasteiger partial charge in [-0.25, -0.2) is 5.10 Å². The molecule has 0 saturated heterocycles. The molecule has 1 aromatic heterocycles. The van der Waals surface area contributed by atoms with Crippen molar-refractivity contribution in [1.29, 1.82) is 5.26 Å². The van der Waals surface area contributed by atoms with Gasteiger partial charge >= 0.3 is 0 Å². The largest absolute Gasteiger partial charge is 0.268 e. The molecule has 0 aliphatic heterocycles. The maximum Gasteiger partial charge on any atom is 0.264 e. The number of hydrogen-bond donors (Lipinski definition) is 1. The van der Waals surface area contributed by atoms with Gasteiger partial charge in [0, 0.05) is 6.07 Å². The van der Waals surface area contributed by atoms with Crippen LogP contribution in [-0.2, 0) is 6.42 Å². The quantitative estimate of drug-likeness (QED) is 0.581. The molecule has 0 unspecified atom stereocenters. The van der Waals surface area contributed by atoms with Gasteiger partial charge in [0.05, 0.1) is 18.7 Å². The topological polar surface area (TPSA) is 69.5 Å². The van der Waals surface area contributed by atoms with Crippen LogP contribution in [0.3, 0.4) is 0 Å². The van der Waals surface area contributed by atoms with Crippen molar-refractivity contribution >= 4 is 0 Å². The summed E-state index contributed by atoms with van der Waals surface area (Å²) >= 11 is 0. The van der Waals surface area contributed by atoms with Crippen LogP contribution in [0.25, 0.3) is 0 Å². The second-order valence-electron chi connectivity index (χ2n) is 1.79. The van der Waals surface area contributed by atoms with Crippen LogP contribution in [0.1, 0.15) is 5.56 Å². The number of aromatic nitrogens is 2. The van der Waals surface area contributed by atoms with Gasteiger partial charge in [-0.05, 0) is 5.56 Å². The van der Waals surface area contributed by atoms with Gasteiger partial charge in [0.2, 0.25) is 0 Å². The summed E-state index contributed by atoms with van der Waals surface area (Å²) in [5.74, 6) is 0. The van der Waals surface area contributed by atoms with E-state index in [2.05, 4.69) is 10.2 Å². The first-order valence-corrected chi connectivity index (χ1v) is 2.73. The van der Waals surface area contributed by atoms with Gasteiger partial charge in [0.1, 0.15) is 0 Å². The third kappa shape index (κ3) is 1.42. The first-order valence-electron chi connectivity index (χ1n) is 2.73. The van der Waals surface area contributed by atoms with Crippen LogP contribution in [0, 0.1) is 11.3 Å². The molecule has 0 saturated carbocycles. The minimum absolute atomic E-state index is 0.233. The Morgan fingerprint density at radius 2 is 2.60 bits per heavy atom. The SMILES string of the molecule is N#CCc1cn[nH]c(=O)c1. The van der Waals surface area contributed by atoms with E-state index in [4.69, 9.17) is 5.26 Å². The van der Waals surface area contributed by atoms with Crippen molar-refractivity contribution < 1.29 is 0 Å². The molecular weight excluding hydrogens is 130 g/mol. The van der Waals surface area contributed by atoms with Crippen molar-refractivity contribution in [2.45, 2.75) is 6.42 Å². The van der Waals surface area contributed by atoms with E-state index in [-0.39, 0.29) is 12.0 Å². The maximum atomic E-state index is 10.5. The fourth-order valence-electron chi connectivity index (χ4n) is 0.605. The molecule has 0 spiro atoms. The molecule has 1 heterocycles. The molecule has 1 aromatic rings. The van der Waals surface area contributed by atoms with E-state index in [1.807, 2.05) is 6.07 Å². The highest BCUT2D eigenvalue weighted by Crippen LogP contribution is 1.89. The average Bonchev–Trinajstić information content (AvgIpc) is 1.88. The van der Waals surface area contributed by atoms with Gasteiger partial charge < -0.3 is 0 Å². The van der Waals surface area contributed by atoms with E-state index in [9.17, 15) is 4.79 Å². The summed E-state index contributed by atoms with van der Waals surface area (Å²) in [7, 11) is 0. The molecule has 0 radical (unpaired) electrons. The lowest BCUT2D eigenvalue weighted by Crippen LogP contribution is -2.06. The van der Waals surface area contributed by atoms with Crippen LogP contribution >= 0.6 is 0 Å². The number of nitrogens with one attached hydrogen (secondary N) is 1. The maximum absolute atomic E-state index is 10.5. The molecule has 0 aliphatic rings. The third-order valence-electron chi connectivity index (χ3n) is 1.00. The van der Waals surface area contributed by atoms with Gasteiger partial charge in [-0.2, -0.15) is 10.4 Å². The lowest BCUT2D eigenvalue weighted by atomic mass is 10.2. The molecule has 50 valence electrons. The fourth-order valence-corrected chi connectivity index (χ4v) is 0.605. The van der Waals surface area contributed by atoms with Gasteiger partial charge in [0.15, 0.2) is 0 Å². The smallest absolute Gasteiger partial charge is 0.264 e. The number of H-pyrrole nitrogens is 1. The Hall–Kier alpha value is -1.63. The van der Waals surface area contributed by atoms with Gasteiger partial charge in [-0.15, -0.1) is 0 Å². The van der Waals surface area contributed by atoms with Crippen molar-refractivity contribution in [2.75, 3.05) is 0 Å². The zero-order chi connectivity index (χ0) is 7.40. The molecule has 10 heavy (non-hydrogen) atoms. The average molecular weight is 135 g/mol. The number of hydrogen-bond acceptors (Lipinski definition) is 3. The highest BCUT2D eigenvalue weighted by Gasteiger charge is 1.90. The van der Waals surface area contributed by atoms with Crippen molar-refractivity contribution in [3.8, 4) is 6.07 Å². The molecular formula is C6H5N3O. The highest BCUT2D eigenvalue weighted by atomic mass is 16.1. The number of nitrogens with zero attached hydrogens (tertiary/aromatic N) is 2. The van der Waals surface area contributed by atoms with Crippen molar-refractivity contribution in [2.24, 2.45) is 0 Å². The summed E-state index contributed by atoms with van der Waals surface area (Å²) in [5, 5.41) is 13.9. The Labute approximate surface area is 57.1 Å². The van der Waals surface area contributed by atoms with E-state index in [0.717, 1.165) is 0 Å². The summed E-state index contributed by atoms with van der Waals surface area (Å²) in [4.78, 5) is 10.5. The molecule has 0 fully saturated rings. The van der Waals surface area contributed by atoms with Gasteiger partial charge in [0.25, 0.3) is 5.56 Å². The van der Waals surface area contributed by atoms with Gasteiger partial charge in [-0.3, -0.25) is 4.79 Å². The summed E-state index contributed by atoms with van der Waals surface area (Å²) in [6.07, 6.45) is 1.70. The lowest BCUT2D eigenvalue weighted by molar-refractivity contribution is 0.963. The summed E-state index contributed by atoms with van der Waals surface area (Å²) in [6.45, 7) is 0. The monoisotopic (exact) mass is 135 g/mol. The Balaban J connectivity index is 2.98. The second kappa shape index (κ2) is 2.78. The molecule has 0 atom stereocenters. The molecule has 4 heteroatoms. The normalized spacial score (nSPS) is 8.70. The molecule has 0 aromatic carbocycles. The van der Waals surface area contributed by atoms with Crippen LogP contribution in [0.4, 0.5) is 0 Å². The van der Waals surface area contributed by atoms with E-state index in [0.29, 0.717) is 5.56 Å². The standard InChI is InChI=1S/C6H5N3O/c7-2-1-5-3-6(10)9-8-4-5/h3-4H,1H2,(H,9,10). The zero-order valence-corrected chi connectivity index (χ0v) is 5.16. The Morgan fingerprint density at radius 1 is 1.80 bits per heavy atom. The van der Waals surface area contributed by atoms with E-state index >= 15 is 0 Å². The molecule has 0 aliphatic carbocycles. The highest BCUT2D eigenvalue weighted by molar-refractivity contribution is 5.10. The Kier molecular flexibility index (Phi) is 1.80. The Morgan fingerprint density at radius 3 is 3.20 bits per heavy atom. The summed E-state index contributed by atoms with van der Waals surface area (Å²) in [5.41, 5.74) is 0.374. The molecule has 1 rings (SSSR count). The van der Waals surface area contributed by atoms with Gasteiger partial charge in [-0.1, -0.05) is 0 Å². The van der Waals surface area contributed by atoms with Crippen molar-refractivity contribution in [3.63, 3.8) is 0 Å². The molecule has 1 N–H and O–H groups in total. The number of nitriles is 1. The van der Waals surface area contributed by atoms with Crippen molar-refractivity contribution in [3.05, 3.63) is 28.2 Å². The molecule has 0 amide bonds. The van der Waals surface area contributed by atoms with E-state index < -0.39 is 0 Å². The first-order chi connectivity index (χ1) is 4.83. The molecule has 0 bridgehead atoms. The first kappa shape index (κ1) is 6.49. The lowest BCUT2D eigenvalue weighted by Gasteiger charge is -1.87. The minimum atomic E-state index is -0.271. The predicted molar refractivity (Wildman–Crippen MR) is 34.2 cm³/mol. The molecule has 4 nitrogen and oxygen atoms in total. The second-order valence-corrected chi connectivity index (χ2v) is 1.79. The van der Waals surface area contributed by atoms with Crippen LogP contribution in [-0.4, -0.2) is 10.2 Å². The van der Waals surface area contributed by atoms with Crippen LogP contribution in [0.5, 0.6) is 0 Å². The predicted octanol–water partition coefficient (Wildman–Crippen LogP) is -0.164. The third-order valence-corrected chi connectivity index (χ3v) is 1.00. The minimum Gasteiger partial charge on any atom is -0.268 e.